The van der Waals surface area contributed by atoms with E-state index in [1.54, 1.807) is 7.11 Å². The molecule has 0 aliphatic rings. The van der Waals surface area contributed by atoms with Crippen molar-refractivity contribution in [2.24, 2.45) is 10.9 Å². The van der Waals surface area contributed by atoms with Gasteiger partial charge in [-0.2, -0.15) is 0 Å². The number of benzene rings is 1. The van der Waals surface area contributed by atoms with Gasteiger partial charge in [0.2, 0.25) is 0 Å². The number of nitrogens with two attached hydrogens (primary N) is 1. The monoisotopic (exact) mass is 287 g/mol. The summed E-state index contributed by atoms with van der Waals surface area (Å²) in [4.78, 5) is 1.85. The van der Waals surface area contributed by atoms with Crippen LogP contribution in [0, 0.1) is 11.6 Å². The van der Waals surface area contributed by atoms with Crippen LogP contribution in [0.1, 0.15) is 12.0 Å². The fourth-order valence-electron chi connectivity index (χ4n) is 1.72. The number of rotatable bonds is 8. The molecule has 0 fully saturated rings. The van der Waals surface area contributed by atoms with Crippen LogP contribution < -0.4 is 5.73 Å². The van der Waals surface area contributed by atoms with Crippen LogP contribution >= 0.6 is 0 Å². The first kappa shape index (κ1) is 16.3. The third-order valence-electron chi connectivity index (χ3n) is 2.83. The summed E-state index contributed by atoms with van der Waals surface area (Å²) in [7, 11) is 1.56. The van der Waals surface area contributed by atoms with Gasteiger partial charge in [-0.15, -0.1) is 0 Å². The molecule has 3 N–H and O–H groups in total. The van der Waals surface area contributed by atoms with Crippen LogP contribution in [-0.2, 0) is 11.3 Å². The normalized spacial score (nSPS) is 12.1. The van der Waals surface area contributed by atoms with Gasteiger partial charge in [0.05, 0.1) is 6.61 Å². The van der Waals surface area contributed by atoms with E-state index >= 15 is 0 Å². The number of oxime groups is 1. The fourth-order valence-corrected chi connectivity index (χ4v) is 1.72. The van der Waals surface area contributed by atoms with Crippen LogP contribution in [0.4, 0.5) is 8.78 Å². The van der Waals surface area contributed by atoms with E-state index < -0.39 is 11.6 Å². The molecule has 5 nitrogen and oxygen atoms in total. The number of halogens is 2. The Morgan fingerprint density at radius 1 is 1.40 bits per heavy atom. The topological polar surface area (TPSA) is 71.1 Å². The molecule has 1 aromatic carbocycles. The van der Waals surface area contributed by atoms with Crippen LogP contribution in [0.5, 0.6) is 0 Å². The van der Waals surface area contributed by atoms with Crippen LogP contribution in [0.3, 0.4) is 0 Å². The van der Waals surface area contributed by atoms with Gasteiger partial charge in [-0.3, -0.25) is 4.90 Å². The zero-order valence-electron chi connectivity index (χ0n) is 11.4. The Kier molecular flexibility index (Phi) is 6.89. The van der Waals surface area contributed by atoms with E-state index in [-0.39, 0.29) is 17.9 Å². The van der Waals surface area contributed by atoms with E-state index in [1.165, 1.54) is 6.07 Å². The average Bonchev–Trinajstić information content (AvgIpc) is 2.45. The third kappa shape index (κ3) is 5.50. The van der Waals surface area contributed by atoms with Gasteiger partial charge in [0.15, 0.2) is 0 Å². The zero-order chi connectivity index (χ0) is 15.0. The second-order valence-electron chi connectivity index (χ2n) is 4.35. The summed E-state index contributed by atoms with van der Waals surface area (Å²) in [6, 6.07) is 3.34. The largest absolute Gasteiger partial charge is 0.409 e. The standard InChI is InChI=1S/C13H19F2N3O2/c1-20-7-6-18(5-4-13(16)17-19)9-10-8-11(14)2-3-12(10)15/h2-3,8,19H,4-7,9H2,1H3,(H2,16,17). The maximum Gasteiger partial charge on any atom is 0.140 e. The first-order valence-electron chi connectivity index (χ1n) is 6.18. The van der Waals surface area contributed by atoms with Crippen LogP contribution in [0.15, 0.2) is 23.4 Å². The van der Waals surface area contributed by atoms with E-state index in [1.807, 2.05) is 4.90 Å². The molecule has 0 radical (unpaired) electrons. The molecule has 0 spiro atoms. The molecule has 1 rings (SSSR count). The molecule has 0 atom stereocenters. The third-order valence-corrected chi connectivity index (χ3v) is 2.83. The summed E-state index contributed by atoms with van der Waals surface area (Å²) >= 11 is 0. The van der Waals surface area contributed by atoms with Gasteiger partial charge in [-0.25, -0.2) is 8.78 Å². The summed E-state index contributed by atoms with van der Waals surface area (Å²) in [6.45, 7) is 1.67. The van der Waals surface area contributed by atoms with Crippen molar-refractivity contribution in [1.82, 2.24) is 4.90 Å². The Hall–Kier alpha value is -1.73. The number of amidine groups is 1. The van der Waals surface area contributed by atoms with E-state index in [0.717, 1.165) is 12.1 Å². The van der Waals surface area contributed by atoms with Crippen molar-refractivity contribution in [3.05, 3.63) is 35.4 Å². The predicted octanol–water partition coefficient (Wildman–Crippen LogP) is 1.55. The average molecular weight is 287 g/mol. The predicted molar refractivity (Wildman–Crippen MR) is 71.5 cm³/mol. The molecule has 7 heteroatoms. The molecule has 0 saturated carbocycles. The van der Waals surface area contributed by atoms with E-state index in [4.69, 9.17) is 15.7 Å². The fraction of sp³-hybridized carbons (Fsp3) is 0.462. The highest BCUT2D eigenvalue weighted by molar-refractivity contribution is 5.79. The minimum Gasteiger partial charge on any atom is -0.409 e. The van der Waals surface area contributed by atoms with E-state index in [9.17, 15) is 8.78 Å². The summed E-state index contributed by atoms with van der Waals surface area (Å²) in [5.41, 5.74) is 5.67. The SMILES string of the molecule is COCCN(CC/C(N)=N/O)Cc1cc(F)ccc1F. The van der Waals surface area contributed by atoms with Crippen molar-refractivity contribution in [3.8, 4) is 0 Å². The highest BCUT2D eigenvalue weighted by atomic mass is 19.1. The number of methoxy groups -OCH3 is 1. The molecule has 20 heavy (non-hydrogen) atoms. The molecule has 0 bridgehead atoms. The lowest BCUT2D eigenvalue weighted by atomic mass is 10.2. The van der Waals surface area contributed by atoms with Gasteiger partial charge in [-0.05, 0) is 18.2 Å². The maximum atomic E-state index is 13.6. The van der Waals surface area contributed by atoms with Gasteiger partial charge in [0, 0.05) is 38.7 Å². The molecule has 0 aromatic heterocycles. The lowest BCUT2D eigenvalue weighted by Gasteiger charge is -2.22. The van der Waals surface area contributed by atoms with Gasteiger partial charge in [0.1, 0.15) is 17.5 Å². The van der Waals surface area contributed by atoms with Crippen molar-refractivity contribution in [2.45, 2.75) is 13.0 Å². The van der Waals surface area contributed by atoms with Crippen molar-refractivity contribution in [2.75, 3.05) is 26.8 Å². The Morgan fingerprint density at radius 2 is 2.15 bits per heavy atom. The Bertz CT molecular complexity index is 455. The first-order valence-corrected chi connectivity index (χ1v) is 6.18. The maximum absolute atomic E-state index is 13.6. The summed E-state index contributed by atoms with van der Waals surface area (Å²) in [6.07, 6.45) is 0.331. The highest BCUT2D eigenvalue weighted by Crippen LogP contribution is 2.12. The second kappa shape index (κ2) is 8.44. The molecule has 112 valence electrons. The van der Waals surface area contributed by atoms with Gasteiger partial charge in [-0.1, -0.05) is 5.16 Å². The molecule has 0 unspecified atom stereocenters. The van der Waals surface area contributed by atoms with Crippen LogP contribution in [-0.4, -0.2) is 42.7 Å². The van der Waals surface area contributed by atoms with Crippen molar-refractivity contribution in [1.29, 1.82) is 0 Å². The van der Waals surface area contributed by atoms with Gasteiger partial charge >= 0.3 is 0 Å². The molecule has 0 amide bonds. The van der Waals surface area contributed by atoms with E-state index in [0.29, 0.717) is 26.1 Å². The summed E-state index contributed by atoms with van der Waals surface area (Å²) < 4.78 is 31.7. The Labute approximate surface area is 116 Å². The van der Waals surface area contributed by atoms with Crippen molar-refractivity contribution < 1.29 is 18.7 Å². The second-order valence-corrected chi connectivity index (χ2v) is 4.35. The number of ether oxygens (including phenoxy) is 1. The van der Waals surface area contributed by atoms with Crippen molar-refractivity contribution >= 4 is 5.84 Å². The van der Waals surface area contributed by atoms with Gasteiger partial charge < -0.3 is 15.7 Å². The molecule has 0 aliphatic heterocycles. The first-order chi connectivity index (χ1) is 9.56. The lowest BCUT2D eigenvalue weighted by molar-refractivity contribution is 0.145. The minimum atomic E-state index is -0.482. The molecule has 0 saturated heterocycles. The quantitative estimate of drug-likeness (QED) is 0.329. The lowest BCUT2D eigenvalue weighted by Crippen LogP contribution is -2.31. The van der Waals surface area contributed by atoms with Crippen molar-refractivity contribution in [3.63, 3.8) is 0 Å². The highest BCUT2D eigenvalue weighted by Gasteiger charge is 2.11. The smallest absolute Gasteiger partial charge is 0.140 e. The zero-order valence-corrected chi connectivity index (χ0v) is 11.4. The molecule has 1 aromatic rings. The molecular weight excluding hydrogens is 268 g/mol. The number of nitrogens with zero attached hydrogens (tertiary/aromatic N) is 2. The van der Waals surface area contributed by atoms with Crippen LogP contribution in [0.25, 0.3) is 0 Å². The summed E-state index contributed by atoms with van der Waals surface area (Å²) in [5, 5.41) is 11.4. The molecule has 0 heterocycles. The number of hydrogen-bond acceptors (Lipinski definition) is 4. The Morgan fingerprint density at radius 3 is 2.80 bits per heavy atom. The Balaban J connectivity index is 2.69. The molecular formula is C13H19F2N3O2. The minimum absolute atomic E-state index is 0.0899. The van der Waals surface area contributed by atoms with Gasteiger partial charge in [0.25, 0.3) is 0 Å². The molecule has 0 aliphatic carbocycles. The van der Waals surface area contributed by atoms with E-state index in [2.05, 4.69) is 5.16 Å². The number of hydrogen-bond donors (Lipinski definition) is 2. The van der Waals surface area contributed by atoms with Crippen LogP contribution in [0.2, 0.25) is 0 Å². The summed E-state index contributed by atoms with van der Waals surface area (Å²) in [5.74, 6) is -0.853.